The van der Waals surface area contributed by atoms with Crippen molar-refractivity contribution in [3.8, 4) is 0 Å². The molecule has 0 saturated heterocycles. The van der Waals surface area contributed by atoms with Crippen LogP contribution in [-0.2, 0) is 25.3 Å². The first-order valence-electron chi connectivity index (χ1n) is 10.3. The summed E-state index contributed by atoms with van der Waals surface area (Å²) in [4.78, 5) is 11.6. The van der Waals surface area contributed by atoms with E-state index in [1.807, 2.05) is 25.1 Å². The van der Waals surface area contributed by atoms with Gasteiger partial charge in [0.1, 0.15) is 6.29 Å². The molecule has 1 aromatic carbocycles. The highest BCUT2D eigenvalue weighted by molar-refractivity contribution is 6.74. The Labute approximate surface area is 173 Å². The molecule has 160 valence electrons. The van der Waals surface area contributed by atoms with E-state index < -0.39 is 8.32 Å². The second-order valence-corrected chi connectivity index (χ2v) is 14.1. The molecule has 0 amide bonds. The van der Waals surface area contributed by atoms with Gasteiger partial charge in [-0.15, -0.1) is 0 Å². The fourth-order valence-electron chi connectivity index (χ4n) is 3.06. The summed E-state index contributed by atoms with van der Waals surface area (Å²) in [5.74, 6) is -0.0772. The number of ether oxygens (including phenoxy) is 2. The largest absolute Gasteiger partial charge is 0.413 e. The van der Waals surface area contributed by atoms with Gasteiger partial charge < -0.3 is 18.7 Å². The number of carbonyl (C=O) groups is 1. The fraction of sp³-hybridized carbons (Fsp3) is 0.696. The molecule has 0 unspecified atom stereocenters. The van der Waals surface area contributed by atoms with Gasteiger partial charge in [0, 0.05) is 25.6 Å². The summed E-state index contributed by atoms with van der Waals surface area (Å²) in [6, 6.07) is 10.2. The molecule has 0 aliphatic rings. The monoisotopic (exact) mass is 408 g/mol. The molecule has 0 saturated carbocycles. The topological polar surface area (TPSA) is 44.8 Å². The minimum Gasteiger partial charge on any atom is -0.413 e. The Hall–Kier alpha value is -1.01. The lowest BCUT2D eigenvalue weighted by atomic mass is 9.89. The molecule has 0 heterocycles. The van der Waals surface area contributed by atoms with Crippen LogP contribution in [0.2, 0.25) is 18.1 Å². The number of hydrogen-bond donors (Lipinski definition) is 0. The van der Waals surface area contributed by atoms with Crippen LogP contribution in [-0.4, -0.2) is 40.5 Å². The second-order valence-electron chi connectivity index (χ2n) is 9.30. The standard InChI is InChI=1S/C23H40O4Si/c1-18(16-24)22(27-28(7,8)23(3,4)5)19(2)21(25-6)14-15-26-17-20-12-10-9-11-13-20/h9-13,16,18-19,21-22H,14-15,17H2,1-8H3/t18-,19-,21-,22+/m0/s1. The molecule has 0 spiro atoms. The van der Waals surface area contributed by atoms with Crippen molar-refractivity contribution in [3.63, 3.8) is 0 Å². The number of methoxy groups -OCH3 is 1. The Morgan fingerprint density at radius 2 is 1.71 bits per heavy atom. The maximum atomic E-state index is 11.6. The molecule has 4 atom stereocenters. The minimum atomic E-state index is -2.00. The molecule has 0 N–H and O–H groups in total. The van der Waals surface area contributed by atoms with Gasteiger partial charge in [-0.25, -0.2) is 0 Å². The van der Waals surface area contributed by atoms with E-state index in [9.17, 15) is 4.79 Å². The Kier molecular flexibility index (Phi) is 10.0. The summed E-state index contributed by atoms with van der Waals surface area (Å²) in [7, 11) is -0.267. The van der Waals surface area contributed by atoms with Crippen LogP contribution in [0.25, 0.3) is 0 Å². The zero-order valence-corrected chi connectivity index (χ0v) is 20.0. The molecule has 0 aliphatic heterocycles. The van der Waals surface area contributed by atoms with Crippen LogP contribution >= 0.6 is 0 Å². The number of aldehydes is 1. The highest BCUT2D eigenvalue weighted by Gasteiger charge is 2.42. The summed E-state index contributed by atoms with van der Waals surface area (Å²) in [6.07, 6.45) is 1.60. The van der Waals surface area contributed by atoms with Crippen molar-refractivity contribution in [2.75, 3.05) is 13.7 Å². The number of benzene rings is 1. The van der Waals surface area contributed by atoms with Crippen molar-refractivity contribution in [1.29, 1.82) is 0 Å². The highest BCUT2D eigenvalue weighted by atomic mass is 28.4. The quantitative estimate of drug-likeness (QED) is 0.261. The van der Waals surface area contributed by atoms with Crippen molar-refractivity contribution in [2.45, 2.75) is 78.0 Å². The van der Waals surface area contributed by atoms with Crippen molar-refractivity contribution in [3.05, 3.63) is 35.9 Å². The maximum Gasteiger partial charge on any atom is 0.192 e. The predicted molar refractivity (Wildman–Crippen MR) is 118 cm³/mol. The van der Waals surface area contributed by atoms with E-state index in [4.69, 9.17) is 13.9 Å². The van der Waals surface area contributed by atoms with Crippen molar-refractivity contribution in [1.82, 2.24) is 0 Å². The first-order chi connectivity index (χ1) is 13.0. The Balaban J connectivity index is 2.72. The molecule has 4 nitrogen and oxygen atoms in total. The van der Waals surface area contributed by atoms with Gasteiger partial charge in [0.15, 0.2) is 8.32 Å². The molecule has 1 rings (SSSR count). The Morgan fingerprint density at radius 1 is 1.11 bits per heavy atom. The Bertz CT molecular complexity index is 568. The number of rotatable bonds is 12. The normalized spacial score (nSPS) is 17.0. The molecule has 0 fully saturated rings. The molecular formula is C23H40O4Si. The van der Waals surface area contributed by atoms with E-state index in [1.165, 1.54) is 5.56 Å². The van der Waals surface area contributed by atoms with Gasteiger partial charge >= 0.3 is 0 Å². The van der Waals surface area contributed by atoms with Gasteiger partial charge in [-0.1, -0.05) is 65.0 Å². The van der Waals surface area contributed by atoms with E-state index >= 15 is 0 Å². The summed E-state index contributed by atoms with van der Waals surface area (Å²) >= 11 is 0. The van der Waals surface area contributed by atoms with Crippen LogP contribution in [0.5, 0.6) is 0 Å². The van der Waals surface area contributed by atoms with Crippen LogP contribution in [0.1, 0.15) is 46.6 Å². The lowest BCUT2D eigenvalue weighted by Gasteiger charge is -2.43. The Morgan fingerprint density at radius 3 is 2.21 bits per heavy atom. The summed E-state index contributed by atoms with van der Waals surface area (Å²) in [6.45, 7) is 16.4. The maximum absolute atomic E-state index is 11.6. The number of carbonyl (C=O) groups excluding carboxylic acids is 1. The smallest absolute Gasteiger partial charge is 0.192 e. The highest BCUT2D eigenvalue weighted by Crippen LogP contribution is 2.39. The summed E-state index contributed by atoms with van der Waals surface area (Å²) in [5, 5.41) is 0.0922. The van der Waals surface area contributed by atoms with Crippen molar-refractivity contribution < 1.29 is 18.7 Å². The van der Waals surface area contributed by atoms with E-state index in [1.54, 1.807) is 7.11 Å². The lowest BCUT2D eigenvalue weighted by molar-refractivity contribution is -0.116. The van der Waals surface area contributed by atoms with Gasteiger partial charge in [0.05, 0.1) is 18.8 Å². The second kappa shape index (κ2) is 11.2. The van der Waals surface area contributed by atoms with E-state index in [-0.39, 0.29) is 29.1 Å². The van der Waals surface area contributed by atoms with Gasteiger partial charge in [-0.3, -0.25) is 0 Å². The first kappa shape index (κ1) is 25.0. The van der Waals surface area contributed by atoms with Crippen molar-refractivity contribution >= 4 is 14.6 Å². The molecule has 0 bridgehead atoms. The van der Waals surface area contributed by atoms with E-state index in [0.29, 0.717) is 13.2 Å². The molecular weight excluding hydrogens is 368 g/mol. The summed E-state index contributed by atoms with van der Waals surface area (Å²) in [5.41, 5.74) is 1.17. The van der Waals surface area contributed by atoms with Crippen LogP contribution in [0.15, 0.2) is 30.3 Å². The molecule has 0 aromatic heterocycles. The molecule has 1 aromatic rings. The van der Waals surface area contributed by atoms with Crippen LogP contribution in [0, 0.1) is 11.8 Å². The van der Waals surface area contributed by atoms with E-state index in [0.717, 1.165) is 12.7 Å². The first-order valence-corrected chi connectivity index (χ1v) is 13.2. The van der Waals surface area contributed by atoms with Gasteiger partial charge in [-0.2, -0.15) is 0 Å². The average molecular weight is 409 g/mol. The van der Waals surface area contributed by atoms with Gasteiger partial charge in [-0.05, 0) is 30.1 Å². The van der Waals surface area contributed by atoms with E-state index in [2.05, 4.69) is 52.9 Å². The zero-order valence-electron chi connectivity index (χ0n) is 19.0. The molecule has 0 radical (unpaired) electrons. The lowest BCUT2D eigenvalue weighted by Crippen LogP contribution is -2.49. The molecule has 28 heavy (non-hydrogen) atoms. The molecule has 0 aliphatic carbocycles. The predicted octanol–water partition coefficient (Wildman–Crippen LogP) is 5.47. The van der Waals surface area contributed by atoms with Crippen LogP contribution in [0.4, 0.5) is 0 Å². The summed E-state index contributed by atoms with van der Waals surface area (Å²) < 4.78 is 18.3. The van der Waals surface area contributed by atoms with Gasteiger partial charge in [0.2, 0.25) is 0 Å². The number of hydrogen-bond acceptors (Lipinski definition) is 4. The van der Waals surface area contributed by atoms with Crippen molar-refractivity contribution in [2.24, 2.45) is 11.8 Å². The molecule has 5 heteroatoms. The zero-order chi connectivity index (χ0) is 21.4. The third-order valence-corrected chi connectivity index (χ3v) is 10.5. The van der Waals surface area contributed by atoms with Gasteiger partial charge in [0.25, 0.3) is 0 Å². The fourth-order valence-corrected chi connectivity index (χ4v) is 4.52. The minimum absolute atomic E-state index is 0.0204. The SMILES string of the molecule is CO[C@@H](CCOCc1ccccc1)[C@H](C)[C@H](O[Si](C)(C)C(C)(C)C)[C@@H](C)C=O. The third-order valence-electron chi connectivity index (χ3n) is 6.04. The average Bonchev–Trinajstić information content (AvgIpc) is 2.65. The van der Waals surface area contributed by atoms with Crippen LogP contribution in [0.3, 0.4) is 0 Å². The third kappa shape index (κ3) is 7.43. The van der Waals surface area contributed by atoms with Crippen LogP contribution < -0.4 is 0 Å².